The second-order valence-electron chi connectivity index (χ2n) is 5.68. The van der Waals surface area contributed by atoms with Gasteiger partial charge in [-0.3, -0.25) is 4.99 Å². The molecule has 1 unspecified atom stereocenters. The molecule has 1 atom stereocenters. The fraction of sp³-hybridized carbons (Fsp3) is 0.500. The van der Waals surface area contributed by atoms with E-state index in [-0.39, 0.29) is 0 Å². The number of nitrogens with zero attached hydrogens (tertiary/aromatic N) is 3. The highest BCUT2D eigenvalue weighted by Gasteiger charge is 2.24. The van der Waals surface area contributed by atoms with Gasteiger partial charge in [0, 0.05) is 38.2 Å². The summed E-state index contributed by atoms with van der Waals surface area (Å²) in [5.41, 5.74) is 0.954. The maximum absolute atomic E-state index is 6.02. The van der Waals surface area contributed by atoms with E-state index in [0.717, 1.165) is 52.3 Å². The van der Waals surface area contributed by atoms with Crippen molar-refractivity contribution in [2.24, 2.45) is 10.9 Å². The van der Waals surface area contributed by atoms with Crippen molar-refractivity contribution in [3.8, 4) is 0 Å². The van der Waals surface area contributed by atoms with E-state index >= 15 is 0 Å². The predicted octanol–water partition coefficient (Wildman–Crippen LogP) is 2.99. The number of nitrogens with one attached hydrogen (secondary N) is 1. The highest BCUT2D eigenvalue weighted by Crippen LogP contribution is 2.25. The molecule has 124 valence electrons. The lowest BCUT2D eigenvalue weighted by atomic mass is 10.1. The van der Waals surface area contributed by atoms with E-state index in [0.29, 0.717) is 12.5 Å². The number of thiazole rings is 1. The van der Waals surface area contributed by atoms with Crippen molar-refractivity contribution in [1.82, 2.24) is 15.2 Å². The van der Waals surface area contributed by atoms with Crippen LogP contribution >= 0.6 is 22.9 Å². The average molecular weight is 353 g/mol. The van der Waals surface area contributed by atoms with Gasteiger partial charge in [-0.25, -0.2) is 4.98 Å². The average Bonchev–Trinajstić information content (AvgIpc) is 3.15. The Hall–Kier alpha value is -1.37. The fourth-order valence-corrected chi connectivity index (χ4v) is 3.96. The van der Waals surface area contributed by atoms with Crippen LogP contribution in [0.5, 0.6) is 0 Å². The molecule has 0 saturated carbocycles. The molecule has 0 bridgehead atoms. The van der Waals surface area contributed by atoms with Crippen LogP contribution in [0.25, 0.3) is 10.2 Å². The highest BCUT2D eigenvalue weighted by molar-refractivity contribution is 7.18. The van der Waals surface area contributed by atoms with Gasteiger partial charge in [-0.15, -0.1) is 11.3 Å². The van der Waals surface area contributed by atoms with E-state index in [1.54, 1.807) is 18.4 Å². The third-order valence-corrected chi connectivity index (χ3v) is 5.26. The van der Waals surface area contributed by atoms with Crippen LogP contribution in [-0.2, 0) is 11.3 Å². The van der Waals surface area contributed by atoms with Crippen LogP contribution in [0, 0.1) is 5.92 Å². The van der Waals surface area contributed by atoms with Gasteiger partial charge in [0.2, 0.25) is 0 Å². The predicted molar refractivity (Wildman–Crippen MR) is 96.4 cm³/mol. The first kappa shape index (κ1) is 16.5. The molecule has 0 spiro atoms. The van der Waals surface area contributed by atoms with Gasteiger partial charge >= 0.3 is 0 Å². The zero-order valence-corrected chi connectivity index (χ0v) is 15.0. The van der Waals surface area contributed by atoms with E-state index in [2.05, 4.69) is 20.2 Å². The van der Waals surface area contributed by atoms with Crippen LogP contribution in [0.3, 0.4) is 0 Å². The number of fused-ring (bicyclic) bond motifs is 1. The highest BCUT2D eigenvalue weighted by atomic mass is 35.5. The third-order valence-electron chi connectivity index (χ3n) is 3.99. The lowest BCUT2D eigenvalue weighted by molar-refractivity contribution is 0.157. The second kappa shape index (κ2) is 7.47. The van der Waals surface area contributed by atoms with Gasteiger partial charge < -0.3 is 15.0 Å². The molecule has 1 fully saturated rings. The Morgan fingerprint density at radius 2 is 2.43 bits per heavy atom. The molecule has 1 aromatic carbocycles. The van der Waals surface area contributed by atoms with Crippen LogP contribution in [-0.4, -0.2) is 49.7 Å². The Morgan fingerprint density at radius 1 is 1.57 bits per heavy atom. The number of hydrogen-bond donors (Lipinski definition) is 1. The van der Waals surface area contributed by atoms with E-state index < -0.39 is 0 Å². The summed E-state index contributed by atoms with van der Waals surface area (Å²) < 4.78 is 6.41. The van der Waals surface area contributed by atoms with Crippen molar-refractivity contribution in [1.29, 1.82) is 0 Å². The summed E-state index contributed by atoms with van der Waals surface area (Å²) in [7, 11) is 3.58. The molecule has 0 amide bonds. The third kappa shape index (κ3) is 3.94. The zero-order chi connectivity index (χ0) is 16.2. The molecule has 0 radical (unpaired) electrons. The Labute approximate surface area is 145 Å². The standard InChI is InChI=1S/C16H21ClN4OS/c1-18-16(21-6-5-11(9-21)10-22-2)19-8-15-20-13-7-12(17)3-4-14(13)23-15/h3-4,7,11H,5-6,8-10H2,1-2H3,(H,18,19). The summed E-state index contributed by atoms with van der Waals surface area (Å²) in [6, 6.07) is 5.82. The van der Waals surface area contributed by atoms with Gasteiger partial charge in [-0.05, 0) is 24.6 Å². The number of halogens is 1. The molecule has 1 aliphatic rings. The first-order valence-corrected chi connectivity index (χ1v) is 8.88. The van der Waals surface area contributed by atoms with Gasteiger partial charge in [-0.1, -0.05) is 11.6 Å². The molecule has 1 saturated heterocycles. The van der Waals surface area contributed by atoms with Gasteiger partial charge in [0.15, 0.2) is 5.96 Å². The van der Waals surface area contributed by atoms with Gasteiger partial charge in [0.05, 0.1) is 23.4 Å². The SMILES string of the molecule is CN=C(NCc1nc2cc(Cl)ccc2s1)N1CCC(COC)C1. The van der Waals surface area contributed by atoms with Crippen molar-refractivity contribution < 1.29 is 4.74 Å². The Balaban J connectivity index is 1.61. The maximum atomic E-state index is 6.02. The molecule has 5 nitrogen and oxygen atoms in total. The molecule has 1 aliphatic heterocycles. The van der Waals surface area contributed by atoms with Gasteiger partial charge in [0.1, 0.15) is 5.01 Å². The van der Waals surface area contributed by atoms with Crippen molar-refractivity contribution >= 4 is 39.1 Å². The minimum Gasteiger partial charge on any atom is -0.384 e. The summed E-state index contributed by atoms with van der Waals surface area (Å²) in [5.74, 6) is 1.52. The number of ether oxygens (including phenoxy) is 1. The van der Waals surface area contributed by atoms with E-state index in [9.17, 15) is 0 Å². The molecule has 7 heteroatoms. The number of methoxy groups -OCH3 is 1. The van der Waals surface area contributed by atoms with Gasteiger partial charge in [0.25, 0.3) is 0 Å². The monoisotopic (exact) mass is 352 g/mol. The zero-order valence-electron chi connectivity index (χ0n) is 13.4. The number of hydrogen-bond acceptors (Lipinski definition) is 4. The Kier molecular flexibility index (Phi) is 5.35. The molecule has 0 aliphatic carbocycles. The quantitative estimate of drug-likeness (QED) is 0.679. The minimum atomic E-state index is 0.586. The minimum absolute atomic E-state index is 0.586. The van der Waals surface area contributed by atoms with Crippen LogP contribution in [0.1, 0.15) is 11.4 Å². The summed E-state index contributed by atoms with van der Waals surface area (Å²) in [4.78, 5) is 11.3. The molecule has 1 aromatic heterocycles. The first-order valence-electron chi connectivity index (χ1n) is 7.69. The first-order chi connectivity index (χ1) is 11.2. The fourth-order valence-electron chi connectivity index (χ4n) is 2.91. The number of guanidine groups is 1. The number of benzene rings is 1. The number of rotatable bonds is 4. The number of aliphatic imine (C=N–C) groups is 1. The summed E-state index contributed by atoms with van der Waals surface area (Å²) in [5, 5.41) is 5.18. The molecular weight excluding hydrogens is 332 g/mol. The van der Waals surface area contributed by atoms with Crippen molar-refractivity contribution in [3.63, 3.8) is 0 Å². The number of likely N-dealkylation sites (tertiary alicyclic amines) is 1. The van der Waals surface area contributed by atoms with E-state index in [4.69, 9.17) is 16.3 Å². The van der Waals surface area contributed by atoms with Crippen molar-refractivity contribution in [3.05, 3.63) is 28.2 Å². The molecular formula is C16H21ClN4OS. The summed E-state index contributed by atoms with van der Waals surface area (Å²) in [6.45, 7) is 3.49. The van der Waals surface area contributed by atoms with E-state index in [1.165, 1.54) is 0 Å². The topological polar surface area (TPSA) is 49.8 Å². The largest absolute Gasteiger partial charge is 0.384 e. The van der Waals surface area contributed by atoms with E-state index in [1.807, 2.05) is 25.2 Å². The van der Waals surface area contributed by atoms with Crippen LogP contribution in [0.4, 0.5) is 0 Å². The van der Waals surface area contributed by atoms with Crippen LogP contribution < -0.4 is 5.32 Å². The normalized spacial score (nSPS) is 18.8. The van der Waals surface area contributed by atoms with Crippen LogP contribution in [0.2, 0.25) is 5.02 Å². The lowest BCUT2D eigenvalue weighted by Crippen LogP contribution is -2.39. The second-order valence-corrected chi connectivity index (χ2v) is 7.23. The summed E-state index contributed by atoms with van der Waals surface area (Å²) in [6.07, 6.45) is 1.15. The Bertz CT molecular complexity index is 702. The van der Waals surface area contributed by atoms with Crippen molar-refractivity contribution in [2.45, 2.75) is 13.0 Å². The molecule has 3 rings (SSSR count). The number of aromatic nitrogens is 1. The lowest BCUT2D eigenvalue weighted by Gasteiger charge is -2.21. The molecule has 1 N–H and O–H groups in total. The molecule has 2 aromatic rings. The van der Waals surface area contributed by atoms with Gasteiger partial charge in [-0.2, -0.15) is 0 Å². The molecule has 2 heterocycles. The molecule has 23 heavy (non-hydrogen) atoms. The summed E-state index contributed by atoms with van der Waals surface area (Å²) >= 11 is 7.70. The maximum Gasteiger partial charge on any atom is 0.194 e. The van der Waals surface area contributed by atoms with Crippen LogP contribution in [0.15, 0.2) is 23.2 Å². The smallest absolute Gasteiger partial charge is 0.194 e. The Morgan fingerprint density at radius 3 is 3.22 bits per heavy atom. The van der Waals surface area contributed by atoms with Crippen molar-refractivity contribution in [2.75, 3.05) is 33.9 Å².